The summed E-state index contributed by atoms with van der Waals surface area (Å²) in [7, 11) is 0. The minimum absolute atomic E-state index is 0.000914. The molecule has 38 heavy (non-hydrogen) atoms. The SMILES string of the molecule is CC.Cc1ccccc1-c1noc(-c2ccc(OC(C)C)c(C#N)c2)n1.O=C(O)C1CC(N2CCCC2)C1. The van der Waals surface area contributed by atoms with Gasteiger partial charge in [0.05, 0.1) is 17.6 Å². The number of hydrogen-bond donors (Lipinski definition) is 1. The zero-order valence-electron chi connectivity index (χ0n) is 23.0. The van der Waals surface area contributed by atoms with Crippen LogP contribution in [0.15, 0.2) is 47.0 Å². The Bertz CT molecular complexity index is 1240. The minimum Gasteiger partial charge on any atom is -0.490 e. The van der Waals surface area contributed by atoms with Crippen molar-refractivity contribution in [2.75, 3.05) is 13.1 Å². The lowest BCUT2D eigenvalue weighted by Crippen LogP contribution is -2.45. The van der Waals surface area contributed by atoms with Crippen molar-refractivity contribution >= 4 is 5.97 Å². The van der Waals surface area contributed by atoms with Gasteiger partial charge in [0, 0.05) is 17.2 Å². The molecule has 0 spiro atoms. The summed E-state index contributed by atoms with van der Waals surface area (Å²) in [4.78, 5) is 17.4. The van der Waals surface area contributed by atoms with Crippen LogP contribution in [0, 0.1) is 24.2 Å². The van der Waals surface area contributed by atoms with Crippen LogP contribution in [0.5, 0.6) is 5.75 Å². The molecule has 1 saturated heterocycles. The average molecular weight is 519 g/mol. The number of ether oxygens (including phenoxy) is 1. The Morgan fingerprint density at radius 3 is 2.45 bits per heavy atom. The lowest BCUT2D eigenvalue weighted by Gasteiger charge is -2.38. The van der Waals surface area contributed by atoms with Crippen LogP contribution in [0.4, 0.5) is 0 Å². The van der Waals surface area contributed by atoms with Gasteiger partial charge in [0.1, 0.15) is 11.8 Å². The van der Waals surface area contributed by atoms with E-state index in [4.69, 9.17) is 14.4 Å². The number of carboxylic acids is 1. The van der Waals surface area contributed by atoms with Crippen molar-refractivity contribution in [3.05, 3.63) is 53.6 Å². The van der Waals surface area contributed by atoms with Gasteiger partial charge in [-0.05, 0) is 83.3 Å². The van der Waals surface area contributed by atoms with E-state index >= 15 is 0 Å². The van der Waals surface area contributed by atoms with E-state index in [1.54, 1.807) is 12.1 Å². The van der Waals surface area contributed by atoms with E-state index in [1.807, 2.05) is 65.0 Å². The summed E-state index contributed by atoms with van der Waals surface area (Å²) in [6.07, 6.45) is 4.37. The summed E-state index contributed by atoms with van der Waals surface area (Å²) in [5, 5.41) is 22.1. The Balaban J connectivity index is 0.000000238. The predicted octanol–water partition coefficient (Wildman–Crippen LogP) is 6.34. The first-order chi connectivity index (χ1) is 18.4. The highest BCUT2D eigenvalue weighted by Crippen LogP contribution is 2.33. The van der Waals surface area contributed by atoms with Crippen LogP contribution in [0.25, 0.3) is 22.8 Å². The number of likely N-dealkylation sites (tertiary alicyclic amines) is 1. The van der Waals surface area contributed by atoms with Gasteiger partial charge in [-0.15, -0.1) is 0 Å². The molecule has 2 fully saturated rings. The number of carbonyl (C=O) groups is 1. The molecule has 1 N–H and O–H groups in total. The smallest absolute Gasteiger partial charge is 0.306 e. The van der Waals surface area contributed by atoms with Gasteiger partial charge in [-0.1, -0.05) is 43.3 Å². The van der Waals surface area contributed by atoms with Gasteiger partial charge < -0.3 is 19.3 Å². The van der Waals surface area contributed by atoms with E-state index in [2.05, 4.69) is 21.1 Å². The summed E-state index contributed by atoms with van der Waals surface area (Å²) < 4.78 is 11.0. The molecule has 8 heteroatoms. The van der Waals surface area contributed by atoms with Crippen molar-refractivity contribution in [2.24, 2.45) is 5.92 Å². The van der Waals surface area contributed by atoms with Gasteiger partial charge in [0.15, 0.2) is 0 Å². The van der Waals surface area contributed by atoms with Crippen LogP contribution in [-0.2, 0) is 4.79 Å². The number of aryl methyl sites for hydroxylation is 1. The van der Waals surface area contributed by atoms with E-state index in [-0.39, 0.29) is 12.0 Å². The van der Waals surface area contributed by atoms with Crippen molar-refractivity contribution in [1.29, 1.82) is 5.26 Å². The number of aromatic nitrogens is 2. The van der Waals surface area contributed by atoms with E-state index in [9.17, 15) is 10.1 Å². The normalized spacial score (nSPS) is 18.3. The van der Waals surface area contributed by atoms with E-state index in [0.717, 1.165) is 24.0 Å². The van der Waals surface area contributed by atoms with E-state index in [0.29, 0.717) is 34.6 Å². The highest BCUT2D eigenvalue weighted by molar-refractivity contribution is 5.71. The number of hydrogen-bond acceptors (Lipinski definition) is 7. The highest BCUT2D eigenvalue weighted by Gasteiger charge is 2.38. The first-order valence-electron chi connectivity index (χ1n) is 13.4. The van der Waals surface area contributed by atoms with Crippen LogP contribution in [0.3, 0.4) is 0 Å². The van der Waals surface area contributed by atoms with Gasteiger partial charge in [-0.25, -0.2) is 0 Å². The molecule has 1 aromatic heterocycles. The quantitative estimate of drug-likeness (QED) is 0.402. The van der Waals surface area contributed by atoms with Crippen LogP contribution in [-0.4, -0.2) is 51.4 Å². The molecule has 1 aliphatic carbocycles. The standard InChI is InChI=1S/C19H17N3O2.C9H15NO2.C2H6/c1-12(2)23-17-9-8-14(10-15(17)11-20)19-21-18(22-24-19)16-7-5-4-6-13(16)3;11-9(12)7-5-8(6-7)10-3-1-2-4-10;1-2/h4-10,12H,1-3H3;7-8H,1-6H2,(H,11,12);1-2H3. The molecule has 1 saturated carbocycles. The lowest BCUT2D eigenvalue weighted by molar-refractivity contribution is -0.146. The van der Waals surface area contributed by atoms with Crippen molar-refractivity contribution in [3.63, 3.8) is 0 Å². The topological polar surface area (TPSA) is 112 Å². The maximum absolute atomic E-state index is 10.5. The highest BCUT2D eigenvalue weighted by atomic mass is 16.5. The largest absolute Gasteiger partial charge is 0.490 e. The molecule has 2 heterocycles. The molecule has 202 valence electrons. The molecular formula is C30H38N4O4. The first kappa shape index (κ1) is 28.9. The second-order valence-corrected chi connectivity index (χ2v) is 9.63. The first-order valence-corrected chi connectivity index (χ1v) is 13.4. The third-order valence-electron chi connectivity index (χ3n) is 6.64. The average Bonchev–Trinajstić information content (AvgIpc) is 3.58. The number of rotatable bonds is 6. The van der Waals surface area contributed by atoms with Crippen LogP contribution >= 0.6 is 0 Å². The van der Waals surface area contributed by atoms with Gasteiger partial charge in [0.25, 0.3) is 5.89 Å². The Kier molecular flexibility index (Phi) is 10.4. The number of carboxylic acid groups (broad SMARTS) is 1. The number of aliphatic carboxylic acids is 1. The zero-order chi connectivity index (χ0) is 27.7. The monoisotopic (exact) mass is 518 g/mol. The van der Waals surface area contributed by atoms with Crippen LogP contribution < -0.4 is 4.74 Å². The molecule has 0 amide bonds. The summed E-state index contributed by atoms with van der Waals surface area (Å²) in [6, 6.07) is 15.9. The molecule has 0 radical (unpaired) electrons. The molecule has 0 atom stereocenters. The molecule has 2 aromatic carbocycles. The van der Waals surface area contributed by atoms with Gasteiger partial charge in [-0.3, -0.25) is 4.79 Å². The second-order valence-electron chi connectivity index (χ2n) is 9.63. The van der Waals surface area contributed by atoms with Gasteiger partial charge >= 0.3 is 5.97 Å². The van der Waals surface area contributed by atoms with Crippen LogP contribution in [0.2, 0.25) is 0 Å². The number of nitriles is 1. The van der Waals surface area contributed by atoms with Crippen molar-refractivity contribution in [1.82, 2.24) is 15.0 Å². The molecular weight excluding hydrogens is 480 g/mol. The van der Waals surface area contributed by atoms with E-state index in [1.165, 1.54) is 25.9 Å². The molecule has 5 rings (SSSR count). The fourth-order valence-electron chi connectivity index (χ4n) is 4.58. The Labute approximate surface area is 225 Å². The number of nitrogens with zero attached hydrogens (tertiary/aromatic N) is 4. The summed E-state index contributed by atoms with van der Waals surface area (Å²) in [5.74, 6) is 0.806. The molecule has 0 unspecified atom stereocenters. The molecule has 8 nitrogen and oxygen atoms in total. The molecule has 3 aromatic rings. The summed E-state index contributed by atoms with van der Waals surface area (Å²) in [5.41, 5.74) is 3.13. The van der Waals surface area contributed by atoms with E-state index < -0.39 is 5.97 Å². The third kappa shape index (κ3) is 7.20. The van der Waals surface area contributed by atoms with Crippen molar-refractivity contribution < 1.29 is 19.2 Å². The zero-order valence-corrected chi connectivity index (χ0v) is 23.0. The fraction of sp³-hybridized carbons (Fsp3) is 0.467. The maximum Gasteiger partial charge on any atom is 0.306 e. The van der Waals surface area contributed by atoms with Crippen LogP contribution in [0.1, 0.15) is 64.5 Å². The third-order valence-corrected chi connectivity index (χ3v) is 6.64. The molecule has 1 aliphatic heterocycles. The second kappa shape index (κ2) is 13.7. The fourth-order valence-corrected chi connectivity index (χ4v) is 4.58. The van der Waals surface area contributed by atoms with Gasteiger partial charge in [0.2, 0.25) is 5.82 Å². The minimum atomic E-state index is -0.606. The molecule has 2 aliphatic rings. The summed E-state index contributed by atoms with van der Waals surface area (Å²) >= 11 is 0. The van der Waals surface area contributed by atoms with Crippen molar-refractivity contribution in [2.45, 2.75) is 72.4 Å². The summed E-state index contributed by atoms with van der Waals surface area (Å²) in [6.45, 7) is 12.2. The van der Waals surface area contributed by atoms with Crippen molar-refractivity contribution in [3.8, 4) is 34.7 Å². The number of benzene rings is 2. The Morgan fingerprint density at radius 2 is 1.84 bits per heavy atom. The Hall–Kier alpha value is -3.70. The lowest BCUT2D eigenvalue weighted by atomic mass is 9.79. The maximum atomic E-state index is 10.5. The van der Waals surface area contributed by atoms with Gasteiger partial charge in [-0.2, -0.15) is 10.2 Å². The molecule has 0 bridgehead atoms. The Morgan fingerprint density at radius 1 is 1.16 bits per heavy atom. The predicted molar refractivity (Wildman–Crippen MR) is 147 cm³/mol.